The van der Waals surface area contributed by atoms with Crippen molar-refractivity contribution in [3.8, 4) is 0 Å². The molecule has 2 unspecified atom stereocenters. The van der Waals surface area contributed by atoms with Crippen LogP contribution in [0.3, 0.4) is 0 Å². The largest absolute Gasteiger partial charge is 0.477 e. The van der Waals surface area contributed by atoms with E-state index < -0.39 is 46.6 Å². The molecule has 5 rings (SSSR count). The fourth-order valence-corrected chi connectivity index (χ4v) is 6.81. The minimum absolute atomic E-state index is 0.0952. The molecule has 216 valence electrons. The molecule has 0 bridgehead atoms. The van der Waals surface area contributed by atoms with Gasteiger partial charge in [-0.25, -0.2) is 4.79 Å². The maximum Gasteiger partial charge on any atom is 0.353 e. The van der Waals surface area contributed by atoms with Crippen molar-refractivity contribution in [3.05, 3.63) is 85.4 Å². The van der Waals surface area contributed by atoms with Crippen LogP contribution in [-0.2, 0) is 21.0 Å². The van der Waals surface area contributed by atoms with Crippen molar-refractivity contribution in [1.29, 1.82) is 0 Å². The van der Waals surface area contributed by atoms with Gasteiger partial charge < -0.3 is 31.6 Å². The number of aromatic amines is 1. The number of pyridine rings is 1. The van der Waals surface area contributed by atoms with Crippen LogP contribution in [0, 0.1) is 0 Å². The summed E-state index contributed by atoms with van der Waals surface area (Å²) >= 11 is 7.65. The zero-order valence-corrected chi connectivity index (χ0v) is 23.7. The number of hydrogen-bond donors (Lipinski definition) is 6. The summed E-state index contributed by atoms with van der Waals surface area (Å²) in [5.74, 6) is -3.55. The number of nitrogens with one attached hydrogen (secondary N) is 3. The molecule has 1 aromatic carbocycles. The fraction of sp³-hybridized carbons (Fsp3) is 0.200. The molecule has 1 saturated heterocycles. The third-order valence-electron chi connectivity index (χ3n) is 6.42. The van der Waals surface area contributed by atoms with Gasteiger partial charge in [0.25, 0.3) is 11.8 Å². The number of anilines is 1. The number of thiocarbonyl (C=S) groups is 1. The first kappa shape index (κ1) is 29.1. The number of carbonyl (C=O) groups is 4. The van der Waals surface area contributed by atoms with Crippen LogP contribution in [0.5, 0.6) is 0 Å². The predicted octanol–water partition coefficient (Wildman–Crippen LogP) is -0.0712. The minimum atomic E-state index is -1.39. The molecule has 0 spiro atoms. The smallest absolute Gasteiger partial charge is 0.353 e. The molecule has 2 aliphatic rings. The second-order valence-electron chi connectivity index (χ2n) is 9.01. The summed E-state index contributed by atoms with van der Waals surface area (Å²) in [7, 11) is 0. The number of benzene rings is 1. The normalized spacial score (nSPS) is 18.5. The van der Waals surface area contributed by atoms with Crippen molar-refractivity contribution >= 4 is 69.6 Å². The Balaban J connectivity index is 1.38. The zero-order chi connectivity index (χ0) is 30.1. The van der Waals surface area contributed by atoms with E-state index in [4.69, 9.17) is 18.0 Å². The number of amides is 3. The van der Waals surface area contributed by atoms with Crippen LogP contribution in [0.25, 0.3) is 0 Å². The quantitative estimate of drug-likeness (QED) is 0.0794. The van der Waals surface area contributed by atoms with Crippen molar-refractivity contribution in [3.63, 3.8) is 0 Å². The number of β-lactam (4-membered cyclic amide) rings is 1. The monoisotopic (exact) mass is 627 g/mol. The topological polar surface area (TPSA) is 221 Å². The maximum atomic E-state index is 13.5. The van der Waals surface area contributed by atoms with E-state index in [0.717, 1.165) is 16.2 Å². The van der Waals surface area contributed by atoms with Gasteiger partial charge in [0, 0.05) is 35.5 Å². The number of hydrogen-bond acceptors (Lipinski definition) is 12. The van der Waals surface area contributed by atoms with Crippen molar-refractivity contribution in [2.45, 2.75) is 24.1 Å². The van der Waals surface area contributed by atoms with Crippen molar-refractivity contribution in [2.24, 2.45) is 0 Å². The molecular formula is C25H21N7O7S3. The van der Waals surface area contributed by atoms with Gasteiger partial charge in [-0.15, -0.1) is 22.0 Å². The van der Waals surface area contributed by atoms with E-state index in [9.17, 15) is 34.2 Å². The Hall–Kier alpha value is -4.45. The molecule has 3 atom stereocenters. The fourth-order valence-electron chi connectivity index (χ4n) is 4.36. The molecule has 0 saturated carbocycles. The van der Waals surface area contributed by atoms with Gasteiger partial charge in [-0.3, -0.25) is 24.1 Å². The highest BCUT2D eigenvalue weighted by Crippen LogP contribution is 2.41. The van der Waals surface area contributed by atoms with Gasteiger partial charge >= 0.3 is 5.97 Å². The molecular weight excluding hydrogens is 607 g/mol. The Morgan fingerprint density at radius 2 is 1.93 bits per heavy atom. The molecule has 7 N–H and O–H groups in total. The Labute approximate surface area is 250 Å². The molecule has 17 heteroatoms. The Morgan fingerprint density at radius 3 is 2.57 bits per heavy atom. The predicted molar refractivity (Wildman–Crippen MR) is 155 cm³/mol. The SMILES string of the molecule is Nc1ccc(C(NC(=O)c2c[nH]ccc2=O)C(=O)NC2C(=O)N3C(C(=O)O)=C(C(=S)c4nnc(CO)s4)CS[C@@H]23)cc1. The summed E-state index contributed by atoms with van der Waals surface area (Å²) < 4.78 is 0. The summed E-state index contributed by atoms with van der Waals surface area (Å²) in [6.07, 6.45) is 2.56. The number of thioether (sulfide) groups is 1. The summed E-state index contributed by atoms with van der Waals surface area (Å²) in [6.45, 7) is -0.354. The highest BCUT2D eigenvalue weighted by Gasteiger charge is 2.55. The number of nitrogens with zero attached hydrogens (tertiary/aromatic N) is 3. The van der Waals surface area contributed by atoms with E-state index in [2.05, 4.69) is 25.8 Å². The van der Waals surface area contributed by atoms with Gasteiger partial charge in [0.1, 0.15) is 33.7 Å². The number of aliphatic hydroxyl groups excluding tert-OH is 1. The average Bonchev–Trinajstić information content (AvgIpc) is 3.47. The second-order valence-corrected chi connectivity index (χ2v) is 11.6. The van der Waals surface area contributed by atoms with E-state index >= 15 is 0 Å². The zero-order valence-electron chi connectivity index (χ0n) is 21.3. The number of carboxylic acids is 1. The van der Waals surface area contributed by atoms with E-state index in [-0.39, 0.29) is 39.1 Å². The lowest BCUT2D eigenvalue weighted by Gasteiger charge is -2.49. The third kappa shape index (κ3) is 5.41. The Morgan fingerprint density at radius 1 is 1.19 bits per heavy atom. The number of rotatable bonds is 9. The molecule has 2 aromatic heterocycles. The van der Waals surface area contributed by atoms with Gasteiger partial charge in [0.05, 0.1) is 11.5 Å². The summed E-state index contributed by atoms with van der Waals surface area (Å²) in [6, 6.07) is 4.84. The van der Waals surface area contributed by atoms with Gasteiger partial charge in [-0.05, 0) is 17.7 Å². The highest BCUT2D eigenvalue weighted by molar-refractivity contribution is 8.00. The van der Waals surface area contributed by atoms with Crippen LogP contribution in [0.15, 0.2) is 58.8 Å². The number of aromatic nitrogens is 3. The van der Waals surface area contributed by atoms with Crippen molar-refractivity contribution in [1.82, 2.24) is 30.7 Å². The third-order valence-corrected chi connectivity index (χ3v) is 9.19. The average molecular weight is 628 g/mol. The van der Waals surface area contributed by atoms with E-state index in [1.165, 1.54) is 54.5 Å². The number of carbonyl (C=O) groups excluding carboxylic acids is 3. The number of nitrogens with two attached hydrogens (primary N) is 1. The Kier molecular flexibility index (Phi) is 8.17. The minimum Gasteiger partial charge on any atom is -0.477 e. The molecule has 4 heterocycles. The lowest BCUT2D eigenvalue weighted by Crippen LogP contribution is -2.71. The number of aliphatic hydroxyl groups is 1. The molecule has 3 aromatic rings. The molecule has 3 amide bonds. The summed E-state index contributed by atoms with van der Waals surface area (Å²) in [5.41, 5.74) is 5.60. The second kappa shape index (κ2) is 11.8. The van der Waals surface area contributed by atoms with Gasteiger partial charge in [-0.2, -0.15) is 0 Å². The summed E-state index contributed by atoms with van der Waals surface area (Å²) in [4.78, 5) is 67.9. The first-order valence-corrected chi connectivity index (χ1v) is 14.4. The lowest BCUT2D eigenvalue weighted by atomic mass is 9.99. The van der Waals surface area contributed by atoms with Crippen molar-refractivity contribution < 1.29 is 29.4 Å². The van der Waals surface area contributed by atoms with Gasteiger partial charge in [0.2, 0.25) is 5.91 Å². The standard InChI is InChI=1S/C25H21N7O7S3/c26-11-3-1-10(2-4-11)16(28-20(35)12-7-27-6-5-14(12)34)21(36)29-17-23(37)32-18(25(38)39)13(9-41-24(17)32)19(40)22-31-30-15(8-33)42-22/h1-7,16-17,24,33H,8-9,26H2,(H,27,34)(H,28,35)(H,29,36)(H,38,39)/t16?,17?,24-/m0/s1. The van der Waals surface area contributed by atoms with Crippen LogP contribution < -0.4 is 21.8 Å². The van der Waals surface area contributed by atoms with Gasteiger partial charge in [-0.1, -0.05) is 35.7 Å². The van der Waals surface area contributed by atoms with Crippen LogP contribution >= 0.6 is 35.3 Å². The molecule has 42 heavy (non-hydrogen) atoms. The number of H-pyrrole nitrogens is 1. The number of fused-ring (bicyclic) bond motifs is 1. The molecule has 0 aliphatic carbocycles. The molecule has 0 radical (unpaired) electrons. The van der Waals surface area contributed by atoms with Gasteiger partial charge in [0.15, 0.2) is 10.4 Å². The van der Waals surface area contributed by atoms with E-state index in [0.29, 0.717) is 16.3 Å². The van der Waals surface area contributed by atoms with E-state index in [1.54, 1.807) is 0 Å². The molecule has 2 aliphatic heterocycles. The summed E-state index contributed by atoms with van der Waals surface area (Å²) in [5, 5.41) is 31.9. The van der Waals surface area contributed by atoms with E-state index in [1.807, 2.05) is 0 Å². The lowest BCUT2D eigenvalue weighted by molar-refractivity contribution is -0.150. The molecule has 14 nitrogen and oxygen atoms in total. The molecule has 1 fully saturated rings. The van der Waals surface area contributed by atoms with Crippen molar-refractivity contribution in [2.75, 3.05) is 11.5 Å². The van der Waals surface area contributed by atoms with Crippen LogP contribution in [0.1, 0.15) is 32.0 Å². The van der Waals surface area contributed by atoms with Crippen LogP contribution in [-0.4, -0.2) is 76.0 Å². The maximum absolute atomic E-state index is 13.5. The van der Waals surface area contributed by atoms with Crippen LogP contribution in [0.4, 0.5) is 5.69 Å². The first-order valence-electron chi connectivity index (χ1n) is 12.1. The number of carboxylic acid groups (broad SMARTS) is 1. The highest BCUT2D eigenvalue weighted by atomic mass is 32.2. The number of nitrogen functional groups attached to an aromatic ring is 1. The Bertz CT molecular complexity index is 1700. The van der Waals surface area contributed by atoms with Crippen LogP contribution in [0.2, 0.25) is 0 Å². The first-order chi connectivity index (χ1) is 20.1. The number of aliphatic carboxylic acids is 1.